The third-order valence-corrected chi connectivity index (χ3v) is 4.02. The zero-order chi connectivity index (χ0) is 14.8. The second-order valence-corrected chi connectivity index (χ2v) is 5.91. The largest absolute Gasteiger partial charge is 0.496 e. The number of aliphatic carboxylic acids is 1. The van der Waals surface area contributed by atoms with Gasteiger partial charge in [-0.25, -0.2) is 0 Å². The molecule has 0 radical (unpaired) electrons. The van der Waals surface area contributed by atoms with Crippen molar-refractivity contribution in [3.63, 3.8) is 0 Å². The third-order valence-electron chi connectivity index (χ3n) is 3.52. The van der Waals surface area contributed by atoms with Gasteiger partial charge in [0.15, 0.2) is 0 Å². The predicted octanol–water partition coefficient (Wildman–Crippen LogP) is 1.98. The summed E-state index contributed by atoms with van der Waals surface area (Å²) in [5.74, 6) is -0.394. The fourth-order valence-electron chi connectivity index (χ4n) is 2.01. The topological polar surface area (TPSA) is 75.6 Å². The molecule has 108 valence electrons. The summed E-state index contributed by atoms with van der Waals surface area (Å²) in [6.07, 6.45) is 1.42. The molecule has 0 aliphatic heterocycles. The van der Waals surface area contributed by atoms with Gasteiger partial charge in [0.1, 0.15) is 5.75 Å². The van der Waals surface area contributed by atoms with E-state index in [0.717, 1.165) is 10.0 Å². The highest BCUT2D eigenvalue weighted by atomic mass is 79.9. The summed E-state index contributed by atoms with van der Waals surface area (Å²) in [6, 6.07) is 5.44. The maximum atomic E-state index is 11.9. The molecule has 0 heterocycles. The highest BCUT2D eigenvalue weighted by molar-refractivity contribution is 9.10. The van der Waals surface area contributed by atoms with Crippen molar-refractivity contribution in [1.29, 1.82) is 0 Å². The Kier molecular flexibility index (Phi) is 4.32. The van der Waals surface area contributed by atoms with Crippen molar-refractivity contribution in [3.8, 4) is 5.75 Å². The van der Waals surface area contributed by atoms with Crippen molar-refractivity contribution >= 4 is 27.8 Å². The second kappa shape index (κ2) is 5.83. The number of carbonyl (C=O) groups is 2. The minimum atomic E-state index is -0.835. The van der Waals surface area contributed by atoms with Crippen LogP contribution < -0.4 is 10.1 Å². The van der Waals surface area contributed by atoms with E-state index in [4.69, 9.17) is 9.84 Å². The quantitative estimate of drug-likeness (QED) is 0.829. The Bertz CT molecular complexity index is 540. The van der Waals surface area contributed by atoms with Crippen LogP contribution in [-0.4, -0.2) is 30.6 Å². The van der Waals surface area contributed by atoms with Gasteiger partial charge in [-0.15, -0.1) is 0 Å². The van der Waals surface area contributed by atoms with Gasteiger partial charge in [0.05, 0.1) is 18.9 Å². The molecule has 2 N–H and O–H groups in total. The number of methoxy groups -OCH3 is 1. The van der Waals surface area contributed by atoms with Gasteiger partial charge in [-0.3, -0.25) is 9.59 Å². The van der Waals surface area contributed by atoms with Gasteiger partial charge in [0.2, 0.25) is 5.91 Å². The van der Waals surface area contributed by atoms with Crippen molar-refractivity contribution in [2.24, 2.45) is 5.41 Å². The van der Waals surface area contributed by atoms with Crippen LogP contribution in [0, 0.1) is 5.41 Å². The summed E-state index contributed by atoms with van der Waals surface area (Å²) in [4.78, 5) is 22.9. The molecular weight excluding hydrogens is 326 g/mol. The molecule has 0 unspecified atom stereocenters. The molecular formula is C14H16BrNO4. The summed E-state index contributed by atoms with van der Waals surface area (Å²) >= 11 is 3.35. The fourth-order valence-corrected chi connectivity index (χ4v) is 2.41. The standard InChI is InChI=1S/C14H16BrNO4/c1-20-11-3-2-10(15)6-9(11)7-12(17)16-8-14(4-5-14)13(18)19/h2-3,6H,4-5,7-8H2,1H3,(H,16,17)(H,18,19). The summed E-state index contributed by atoms with van der Waals surface area (Å²) in [5.41, 5.74) is 0.0244. The highest BCUT2D eigenvalue weighted by Gasteiger charge is 2.50. The Morgan fingerprint density at radius 3 is 2.70 bits per heavy atom. The summed E-state index contributed by atoms with van der Waals surface area (Å²) in [6.45, 7) is 0.192. The Balaban J connectivity index is 1.95. The van der Waals surface area contributed by atoms with Crippen LogP contribution in [0.5, 0.6) is 5.75 Å². The first-order chi connectivity index (χ1) is 9.47. The van der Waals surface area contributed by atoms with E-state index in [0.29, 0.717) is 18.6 Å². The average Bonchev–Trinajstić information content (AvgIpc) is 3.18. The molecule has 1 aromatic rings. The van der Waals surface area contributed by atoms with Crippen molar-refractivity contribution in [2.75, 3.05) is 13.7 Å². The van der Waals surface area contributed by atoms with E-state index in [1.807, 2.05) is 12.1 Å². The van der Waals surface area contributed by atoms with Crippen LogP contribution in [0.1, 0.15) is 18.4 Å². The van der Waals surface area contributed by atoms with E-state index >= 15 is 0 Å². The first kappa shape index (κ1) is 14.8. The van der Waals surface area contributed by atoms with E-state index in [2.05, 4.69) is 21.2 Å². The Morgan fingerprint density at radius 2 is 2.15 bits per heavy atom. The smallest absolute Gasteiger partial charge is 0.311 e. The van der Waals surface area contributed by atoms with Gasteiger partial charge >= 0.3 is 5.97 Å². The van der Waals surface area contributed by atoms with E-state index in [9.17, 15) is 9.59 Å². The van der Waals surface area contributed by atoms with E-state index in [1.165, 1.54) is 0 Å². The van der Waals surface area contributed by atoms with Crippen molar-refractivity contribution in [3.05, 3.63) is 28.2 Å². The van der Waals surface area contributed by atoms with Crippen molar-refractivity contribution < 1.29 is 19.4 Å². The third kappa shape index (κ3) is 3.30. The number of ether oxygens (including phenoxy) is 1. The van der Waals surface area contributed by atoms with Crippen LogP contribution in [0.25, 0.3) is 0 Å². The number of amides is 1. The summed E-state index contributed by atoms with van der Waals surface area (Å²) in [5, 5.41) is 11.7. The van der Waals surface area contributed by atoms with Gasteiger partial charge in [0.25, 0.3) is 0 Å². The van der Waals surface area contributed by atoms with Gasteiger partial charge in [-0.2, -0.15) is 0 Å². The molecule has 1 aliphatic carbocycles. The number of hydrogen-bond acceptors (Lipinski definition) is 3. The monoisotopic (exact) mass is 341 g/mol. The van der Waals surface area contributed by atoms with Crippen LogP contribution >= 0.6 is 15.9 Å². The maximum absolute atomic E-state index is 11.9. The second-order valence-electron chi connectivity index (χ2n) is 5.00. The summed E-state index contributed by atoms with van der Waals surface area (Å²) < 4.78 is 6.07. The molecule has 1 saturated carbocycles. The highest BCUT2D eigenvalue weighted by Crippen LogP contribution is 2.45. The molecule has 1 aromatic carbocycles. The zero-order valence-corrected chi connectivity index (χ0v) is 12.7. The van der Waals surface area contributed by atoms with Crippen LogP contribution in [0.15, 0.2) is 22.7 Å². The molecule has 0 aromatic heterocycles. The predicted molar refractivity (Wildman–Crippen MR) is 76.7 cm³/mol. The molecule has 0 bridgehead atoms. The number of carboxylic acids is 1. The molecule has 0 atom stereocenters. The lowest BCUT2D eigenvalue weighted by Crippen LogP contribution is -2.35. The first-order valence-corrected chi connectivity index (χ1v) is 7.09. The maximum Gasteiger partial charge on any atom is 0.311 e. The molecule has 0 spiro atoms. The Morgan fingerprint density at radius 1 is 1.45 bits per heavy atom. The SMILES string of the molecule is COc1ccc(Br)cc1CC(=O)NCC1(C(=O)O)CC1. The zero-order valence-electron chi connectivity index (χ0n) is 11.1. The van der Waals surface area contributed by atoms with Crippen LogP contribution in [-0.2, 0) is 16.0 Å². The molecule has 6 heteroatoms. The lowest BCUT2D eigenvalue weighted by atomic mass is 10.1. The number of rotatable bonds is 6. The number of carbonyl (C=O) groups excluding carboxylic acids is 1. The van der Waals surface area contributed by atoms with Gasteiger partial charge < -0.3 is 15.2 Å². The molecule has 0 saturated heterocycles. The lowest BCUT2D eigenvalue weighted by Gasteiger charge is -2.12. The number of carboxylic acid groups (broad SMARTS) is 1. The Hall–Kier alpha value is -1.56. The van der Waals surface area contributed by atoms with E-state index in [1.54, 1.807) is 13.2 Å². The van der Waals surface area contributed by atoms with Crippen LogP contribution in [0.2, 0.25) is 0 Å². The van der Waals surface area contributed by atoms with Crippen molar-refractivity contribution in [1.82, 2.24) is 5.32 Å². The first-order valence-electron chi connectivity index (χ1n) is 6.29. The lowest BCUT2D eigenvalue weighted by molar-refractivity contribution is -0.143. The van der Waals surface area contributed by atoms with Crippen LogP contribution in [0.3, 0.4) is 0 Å². The number of halogens is 1. The normalized spacial score (nSPS) is 15.5. The molecule has 1 fully saturated rings. The molecule has 1 amide bonds. The average molecular weight is 342 g/mol. The number of hydrogen-bond donors (Lipinski definition) is 2. The minimum absolute atomic E-state index is 0.165. The van der Waals surface area contributed by atoms with Gasteiger partial charge in [-0.05, 0) is 31.0 Å². The minimum Gasteiger partial charge on any atom is -0.496 e. The van der Waals surface area contributed by atoms with Gasteiger partial charge in [-0.1, -0.05) is 15.9 Å². The van der Waals surface area contributed by atoms with Crippen LogP contribution in [0.4, 0.5) is 0 Å². The van der Waals surface area contributed by atoms with Crippen molar-refractivity contribution in [2.45, 2.75) is 19.3 Å². The van der Waals surface area contributed by atoms with Gasteiger partial charge in [0, 0.05) is 16.6 Å². The molecule has 1 aliphatic rings. The molecule has 5 nitrogen and oxygen atoms in total. The summed E-state index contributed by atoms with van der Waals surface area (Å²) in [7, 11) is 1.55. The Labute approximate surface area is 125 Å². The molecule has 20 heavy (non-hydrogen) atoms. The fraction of sp³-hybridized carbons (Fsp3) is 0.429. The number of nitrogens with one attached hydrogen (secondary N) is 1. The van der Waals surface area contributed by atoms with E-state index in [-0.39, 0.29) is 18.9 Å². The van der Waals surface area contributed by atoms with E-state index < -0.39 is 11.4 Å². The number of benzene rings is 1. The molecule has 2 rings (SSSR count).